The zero-order valence-electron chi connectivity index (χ0n) is 42.3. The van der Waals surface area contributed by atoms with Gasteiger partial charge in [-0.25, -0.2) is 14.8 Å². The Hall–Kier alpha value is -5.59. The third-order valence-electron chi connectivity index (χ3n) is 11.8. The van der Waals surface area contributed by atoms with Gasteiger partial charge >= 0.3 is 5.97 Å². The lowest BCUT2D eigenvalue weighted by atomic mass is 10.0. The Kier molecular flexibility index (Phi) is 32.1. The lowest BCUT2D eigenvalue weighted by molar-refractivity contribution is -0.139. The van der Waals surface area contributed by atoms with E-state index in [2.05, 4.69) is 55.0 Å². The summed E-state index contributed by atoms with van der Waals surface area (Å²) in [5.41, 5.74) is 6.60. The van der Waals surface area contributed by atoms with E-state index in [1.54, 1.807) is 12.1 Å². The molecule has 3 rings (SSSR count). The third-order valence-corrected chi connectivity index (χ3v) is 11.8. The molecule has 0 bridgehead atoms. The fraction of sp³-hybridized carbons (Fsp3) is 0.642. The molecular weight excluding hydrogens is 909 g/mol. The van der Waals surface area contributed by atoms with Crippen molar-refractivity contribution in [3.8, 4) is 0 Å². The molecule has 7 N–H and O–H groups in total. The molecule has 2 heterocycles. The van der Waals surface area contributed by atoms with Gasteiger partial charge in [0.15, 0.2) is 11.2 Å². The van der Waals surface area contributed by atoms with Gasteiger partial charge in [-0.2, -0.15) is 4.98 Å². The number of aromatic nitrogens is 4. The summed E-state index contributed by atoms with van der Waals surface area (Å²) >= 11 is 0. The Balaban J connectivity index is 1.06. The van der Waals surface area contributed by atoms with Crippen LogP contribution in [-0.2, 0) is 39.9 Å². The van der Waals surface area contributed by atoms with Gasteiger partial charge in [-0.1, -0.05) is 76.9 Å². The number of carboxylic acids is 1. The number of amides is 2. The molecule has 1 aromatic carbocycles. The lowest BCUT2D eigenvalue weighted by Crippen LogP contribution is -2.41. The van der Waals surface area contributed by atoms with Crippen LogP contribution < -0.4 is 27.2 Å². The van der Waals surface area contributed by atoms with Crippen LogP contribution in [0.3, 0.4) is 0 Å². The molecule has 0 saturated heterocycles. The predicted molar refractivity (Wildman–Crippen MR) is 276 cm³/mol. The maximum absolute atomic E-state index is 12.8. The number of unbranched alkanes of at least 4 members (excludes halogenated alkanes) is 14. The Labute approximate surface area is 419 Å². The summed E-state index contributed by atoms with van der Waals surface area (Å²) in [6.45, 7) is 5.84. The number of ether oxygens (including phenoxy) is 3. The summed E-state index contributed by atoms with van der Waals surface area (Å²) in [4.78, 5) is 88.4. The fourth-order valence-corrected chi connectivity index (χ4v) is 7.58. The van der Waals surface area contributed by atoms with E-state index < -0.39 is 23.5 Å². The molecule has 0 saturated carbocycles. The first-order valence-corrected chi connectivity index (χ1v) is 26.1. The van der Waals surface area contributed by atoms with E-state index in [1.165, 1.54) is 95.4 Å². The molecule has 394 valence electrons. The summed E-state index contributed by atoms with van der Waals surface area (Å²) in [5.74, 6) is -1.90. The van der Waals surface area contributed by atoms with Crippen LogP contribution in [0.2, 0.25) is 0 Å². The minimum atomic E-state index is -1.23. The molecule has 0 unspecified atom stereocenters. The molecular formula is C53H82N8O10. The smallest absolute Gasteiger partial charge is 0.326 e. The number of nitrogens with zero attached hydrogens (tertiary/aromatic N) is 3. The van der Waals surface area contributed by atoms with E-state index in [1.807, 2.05) is 0 Å². The maximum atomic E-state index is 12.8. The molecule has 0 aliphatic carbocycles. The van der Waals surface area contributed by atoms with Crippen LogP contribution in [0.1, 0.15) is 177 Å². The summed E-state index contributed by atoms with van der Waals surface area (Å²) in [6, 6.07) is 5.14. The number of carbonyl (C=O) groups excluding carboxylic acids is 4. The molecule has 0 spiro atoms. The number of Topliss-reactive ketones (excluding diaryl/α,β-unsaturated/α-hetero) is 2. The zero-order chi connectivity index (χ0) is 51.2. The highest BCUT2D eigenvalue weighted by Gasteiger charge is 2.22. The molecule has 3 aromatic rings. The van der Waals surface area contributed by atoms with Gasteiger partial charge in [0.25, 0.3) is 11.5 Å². The van der Waals surface area contributed by atoms with Crippen molar-refractivity contribution in [1.82, 2.24) is 30.6 Å². The topological polar surface area (TPSA) is 267 Å². The average molecular weight is 991 g/mol. The molecule has 71 heavy (non-hydrogen) atoms. The Morgan fingerprint density at radius 3 is 1.89 bits per heavy atom. The summed E-state index contributed by atoms with van der Waals surface area (Å²) < 4.78 is 16.7. The minimum absolute atomic E-state index is 0.0146. The Morgan fingerprint density at radius 1 is 0.690 bits per heavy atom. The first-order valence-electron chi connectivity index (χ1n) is 26.1. The van der Waals surface area contributed by atoms with Crippen molar-refractivity contribution in [2.75, 3.05) is 57.2 Å². The Bertz CT molecular complexity index is 2080. The number of carboxylic acid groups (broad SMARTS) is 1. The van der Waals surface area contributed by atoms with Crippen LogP contribution in [0.15, 0.2) is 47.4 Å². The normalized spacial score (nSPS) is 11.8. The highest BCUT2D eigenvalue weighted by molar-refractivity contribution is 5.97. The SMILES string of the molecule is CCCCCCCC/C=C\CCCCCCCCNC(=O)CCC(=O)CCCCOCCOCCOCCCCC(=O)CC[C@H](NC(=O)c1ccc(NCc2cnc3nc(N)[nH]c(=O)c3n2)cc1)C(=O)O. The van der Waals surface area contributed by atoms with Crippen molar-refractivity contribution < 1.29 is 43.3 Å². The van der Waals surface area contributed by atoms with E-state index in [4.69, 9.17) is 19.9 Å². The highest BCUT2D eigenvalue weighted by Crippen LogP contribution is 2.14. The second-order valence-corrected chi connectivity index (χ2v) is 17.9. The largest absolute Gasteiger partial charge is 0.480 e. The number of anilines is 2. The molecule has 0 radical (unpaired) electrons. The first kappa shape index (κ1) is 59.7. The maximum Gasteiger partial charge on any atom is 0.326 e. The molecule has 18 heteroatoms. The van der Waals surface area contributed by atoms with Crippen molar-refractivity contribution in [3.05, 3.63) is 64.2 Å². The van der Waals surface area contributed by atoms with Gasteiger partial charge in [-0.15, -0.1) is 0 Å². The van der Waals surface area contributed by atoms with Gasteiger partial charge in [-0.05, 0) is 88.5 Å². The number of nitrogens with one attached hydrogen (secondary N) is 4. The molecule has 0 aliphatic heterocycles. The summed E-state index contributed by atoms with van der Waals surface area (Å²) in [7, 11) is 0. The van der Waals surface area contributed by atoms with E-state index >= 15 is 0 Å². The minimum Gasteiger partial charge on any atom is -0.480 e. The van der Waals surface area contributed by atoms with Crippen LogP contribution in [0.25, 0.3) is 11.2 Å². The number of benzene rings is 1. The molecule has 2 amide bonds. The molecule has 18 nitrogen and oxygen atoms in total. The number of hydrogen-bond acceptors (Lipinski definition) is 14. The second-order valence-electron chi connectivity index (χ2n) is 17.9. The van der Waals surface area contributed by atoms with Gasteiger partial charge in [0, 0.05) is 63.1 Å². The van der Waals surface area contributed by atoms with Crippen LogP contribution >= 0.6 is 0 Å². The van der Waals surface area contributed by atoms with Crippen LogP contribution in [0, 0.1) is 0 Å². The number of allylic oxidation sites excluding steroid dienone is 2. The molecule has 1 atom stereocenters. The number of H-pyrrole nitrogens is 1. The fourth-order valence-electron chi connectivity index (χ4n) is 7.58. The predicted octanol–water partition coefficient (Wildman–Crippen LogP) is 8.33. The second kappa shape index (κ2) is 38.1. The number of nitrogen functional groups attached to an aromatic ring is 1. The zero-order valence-corrected chi connectivity index (χ0v) is 42.3. The van der Waals surface area contributed by atoms with E-state index in [0.29, 0.717) is 76.8 Å². The van der Waals surface area contributed by atoms with Gasteiger partial charge in [0.05, 0.1) is 44.9 Å². The number of nitrogens with two attached hydrogens (primary N) is 1. The molecule has 0 aliphatic rings. The van der Waals surface area contributed by atoms with Crippen molar-refractivity contribution >= 4 is 52.1 Å². The number of hydrogen-bond donors (Lipinski definition) is 6. The van der Waals surface area contributed by atoms with Crippen LogP contribution in [0.5, 0.6) is 0 Å². The standard InChI is InChI=1S/C53H82N8O10/c1-2-3-4-5-6-7-8-9-10-11-12-13-14-15-16-19-32-55-47(64)31-29-45(63)23-18-21-34-70-36-38-71-37-35-69-33-20-17-22-44(62)28-30-46(52(67)68)59-50(65)41-24-26-42(27-25-41)56-39-43-40-57-49-48(58-43)51(66)61-53(54)60-49/h9-10,24-27,40,46,56H,2-8,11-23,28-39H2,1H3,(H,55,64)(H,59,65)(H,67,68)(H3,54,57,60,61,66)/b10-9-/t46-/m0/s1. The van der Waals surface area contributed by atoms with Gasteiger partial charge in [0.2, 0.25) is 11.9 Å². The van der Waals surface area contributed by atoms with E-state index in [0.717, 1.165) is 25.7 Å². The highest BCUT2D eigenvalue weighted by atomic mass is 16.5. The number of aromatic amines is 1. The number of rotatable bonds is 44. The quantitative estimate of drug-likeness (QED) is 0.0230. The number of ketones is 2. The van der Waals surface area contributed by atoms with Gasteiger partial charge < -0.3 is 41.0 Å². The van der Waals surface area contributed by atoms with Gasteiger partial charge in [0.1, 0.15) is 17.6 Å². The third kappa shape index (κ3) is 28.8. The molecule has 2 aromatic heterocycles. The summed E-state index contributed by atoms with van der Waals surface area (Å²) in [6.07, 6.45) is 27.7. The van der Waals surface area contributed by atoms with Gasteiger partial charge in [-0.3, -0.25) is 29.0 Å². The first-order chi connectivity index (χ1) is 34.5. The van der Waals surface area contributed by atoms with Crippen LogP contribution in [0.4, 0.5) is 11.6 Å². The number of fused-ring (bicyclic) bond motifs is 1. The summed E-state index contributed by atoms with van der Waals surface area (Å²) in [5, 5.41) is 18.3. The lowest BCUT2D eigenvalue weighted by Gasteiger charge is -2.14. The van der Waals surface area contributed by atoms with Crippen LogP contribution in [-0.4, -0.2) is 107 Å². The van der Waals surface area contributed by atoms with Crippen molar-refractivity contribution in [3.63, 3.8) is 0 Å². The van der Waals surface area contributed by atoms with Crippen molar-refractivity contribution in [2.45, 2.75) is 174 Å². The Morgan fingerprint density at radius 2 is 1.27 bits per heavy atom. The van der Waals surface area contributed by atoms with Crippen molar-refractivity contribution in [1.29, 1.82) is 0 Å². The monoisotopic (exact) mass is 991 g/mol. The number of carbonyl (C=O) groups is 5. The average Bonchev–Trinajstić information content (AvgIpc) is 3.36. The van der Waals surface area contributed by atoms with E-state index in [9.17, 15) is 33.9 Å². The van der Waals surface area contributed by atoms with E-state index in [-0.39, 0.29) is 78.8 Å². The van der Waals surface area contributed by atoms with Crippen molar-refractivity contribution in [2.24, 2.45) is 0 Å². The number of aliphatic carboxylic acids is 1. The molecule has 0 fully saturated rings.